The van der Waals surface area contributed by atoms with Gasteiger partial charge in [0.15, 0.2) is 0 Å². The zero-order valence-corrected chi connectivity index (χ0v) is 13.3. The lowest BCUT2D eigenvalue weighted by Crippen LogP contribution is -2.37. The molecule has 2 rings (SSSR count). The molecule has 1 aromatic heterocycles. The monoisotopic (exact) mass is 296 g/mol. The van der Waals surface area contributed by atoms with Crippen molar-refractivity contribution in [1.82, 2.24) is 14.5 Å². The van der Waals surface area contributed by atoms with Crippen LogP contribution in [0.1, 0.15) is 18.5 Å². The molecule has 0 amide bonds. The first-order valence-electron chi connectivity index (χ1n) is 7.86. The smallest absolute Gasteiger partial charge is 0.203 e. The highest BCUT2D eigenvalue weighted by molar-refractivity contribution is 5.28. The topological polar surface area (TPSA) is 51.5 Å². The van der Waals surface area contributed by atoms with Crippen LogP contribution < -0.4 is 5.32 Å². The van der Waals surface area contributed by atoms with Crippen molar-refractivity contribution in [3.63, 3.8) is 0 Å². The Kier molecular flexibility index (Phi) is 6.99. The number of morpholine rings is 1. The van der Waals surface area contributed by atoms with E-state index in [4.69, 9.17) is 9.47 Å². The SMILES string of the molecule is COCCCn1cc(C)nc1NCCCN1CCOCC1. The number of imidazole rings is 1. The Bertz CT molecular complexity index is 402. The van der Waals surface area contributed by atoms with Gasteiger partial charge in [0, 0.05) is 46.1 Å². The fourth-order valence-corrected chi connectivity index (χ4v) is 2.57. The number of anilines is 1. The maximum absolute atomic E-state index is 5.36. The Morgan fingerprint density at radius 3 is 2.86 bits per heavy atom. The van der Waals surface area contributed by atoms with Crippen LogP contribution >= 0.6 is 0 Å². The number of hydrogen-bond donors (Lipinski definition) is 1. The first-order chi connectivity index (χ1) is 10.3. The van der Waals surface area contributed by atoms with E-state index in [0.29, 0.717) is 0 Å². The highest BCUT2D eigenvalue weighted by Crippen LogP contribution is 2.09. The minimum atomic E-state index is 0.785. The van der Waals surface area contributed by atoms with Crippen LogP contribution in [-0.4, -0.2) is 67.6 Å². The number of aromatic nitrogens is 2. The fraction of sp³-hybridized carbons (Fsp3) is 0.800. The molecule has 0 unspecified atom stereocenters. The lowest BCUT2D eigenvalue weighted by molar-refractivity contribution is 0.0378. The van der Waals surface area contributed by atoms with Crippen LogP contribution in [0.15, 0.2) is 6.20 Å². The van der Waals surface area contributed by atoms with Crippen LogP contribution in [0.3, 0.4) is 0 Å². The summed E-state index contributed by atoms with van der Waals surface area (Å²) in [5.41, 5.74) is 1.06. The average Bonchev–Trinajstić information content (AvgIpc) is 2.85. The average molecular weight is 296 g/mol. The highest BCUT2D eigenvalue weighted by Gasteiger charge is 2.10. The molecular formula is C15H28N4O2. The molecule has 0 saturated carbocycles. The zero-order chi connectivity index (χ0) is 14.9. The molecule has 6 heteroatoms. The standard InChI is InChI=1S/C15H28N4O2/c1-14-13-19(7-4-10-20-2)15(17-14)16-5-3-6-18-8-11-21-12-9-18/h13H,3-12H2,1-2H3,(H,16,17). The quantitative estimate of drug-likeness (QED) is 0.697. The molecule has 0 aliphatic carbocycles. The Labute approximate surface area is 127 Å². The van der Waals surface area contributed by atoms with Gasteiger partial charge in [-0.25, -0.2) is 4.98 Å². The summed E-state index contributed by atoms with van der Waals surface area (Å²) in [7, 11) is 1.74. The van der Waals surface area contributed by atoms with E-state index in [2.05, 4.69) is 26.0 Å². The summed E-state index contributed by atoms with van der Waals surface area (Å²) in [6.07, 6.45) is 4.23. The fourth-order valence-electron chi connectivity index (χ4n) is 2.57. The van der Waals surface area contributed by atoms with Crippen LogP contribution in [0.2, 0.25) is 0 Å². The molecule has 1 aliphatic rings. The van der Waals surface area contributed by atoms with Gasteiger partial charge in [0.05, 0.1) is 18.9 Å². The van der Waals surface area contributed by atoms with E-state index in [1.165, 1.54) is 0 Å². The molecule has 21 heavy (non-hydrogen) atoms. The highest BCUT2D eigenvalue weighted by atomic mass is 16.5. The lowest BCUT2D eigenvalue weighted by atomic mass is 10.3. The van der Waals surface area contributed by atoms with Gasteiger partial charge >= 0.3 is 0 Å². The van der Waals surface area contributed by atoms with Gasteiger partial charge < -0.3 is 19.4 Å². The summed E-state index contributed by atoms with van der Waals surface area (Å²) in [6.45, 7) is 9.71. The second-order valence-electron chi connectivity index (χ2n) is 5.48. The summed E-state index contributed by atoms with van der Waals surface area (Å²) in [6, 6.07) is 0. The second kappa shape index (κ2) is 9.02. The van der Waals surface area contributed by atoms with Crippen molar-refractivity contribution in [3.05, 3.63) is 11.9 Å². The van der Waals surface area contributed by atoms with E-state index < -0.39 is 0 Å². The summed E-state index contributed by atoms with van der Waals surface area (Å²) < 4.78 is 12.6. The van der Waals surface area contributed by atoms with E-state index in [0.717, 1.165) is 77.0 Å². The van der Waals surface area contributed by atoms with Crippen LogP contribution in [0.25, 0.3) is 0 Å². The number of nitrogens with one attached hydrogen (secondary N) is 1. The van der Waals surface area contributed by atoms with Gasteiger partial charge in [0.1, 0.15) is 0 Å². The van der Waals surface area contributed by atoms with Crippen molar-refractivity contribution >= 4 is 5.95 Å². The predicted molar refractivity (Wildman–Crippen MR) is 83.8 cm³/mol. The molecule has 0 bridgehead atoms. The molecule has 0 aromatic carbocycles. The molecule has 120 valence electrons. The minimum Gasteiger partial charge on any atom is -0.385 e. The van der Waals surface area contributed by atoms with Crippen LogP contribution in [0, 0.1) is 6.92 Å². The normalized spacial score (nSPS) is 16.3. The third-order valence-corrected chi connectivity index (χ3v) is 3.68. The van der Waals surface area contributed by atoms with Gasteiger partial charge in [-0.3, -0.25) is 4.90 Å². The van der Waals surface area contributed by atoms with Crippen LogP contribution in [-0.2, 0) is 16.0 Å². The third kappa shape index (κ3) is 5.65. The molecular weight excluding hydrogens is 268 g/mol. The predicted octanol–water partition coefficient (Wildman–Crippen LogP) is 1.36. The van der Waals surface area contributed by atoms with E-state index in [1.807, 2.05) is 6.92 Å². The first kappa shape index (κ1) is 16.3. The third-order valence-electron chi connectivity index (χ3n) is 3.68. The zero-order valence-electron chi connectivity index (χ0n) is 13.3. The molecule has 1 aromatic rings. The van der Waals surface area contributed by atoms with Gasteiger partial charge in [0.2, 0.25) is 5.95 Å². The van der Waals surface area contributed by atoms with Gasteiger partial charge in [-0.2, -0.15) is 0 Å². The molecule has 1 saturated heterocycles. The van der Waals surface area contributed by atoms with Crippen LogP contribution in [0.4, 0.5) is 5.95 Å². The van der Waals surface area contributed by atoms with Crippen LogP contribution in [0.5, 0.6) is 0 Å². The van der Waals surface area contributed by atoms with Crippen molar-refractivity contribution in [3.8, 4) is 0 Å². The minimum absolute atomic E-state index is 0.785. The number of nitrogens with zero attached hydrogens (tertiary/aromatic N) is 3. The van der Waals surface area contributed by atoms with Crippen molar-refractivity contribution in [2.75, 3.05) is 58.4 Å². The number of hydrogen-bond acceptors (Lipinski definition) is 5. The molecule has 1 aliphatic heterocycles. The van der Waals surface area contributed by atoms with Gasteiger partial charge in [-0.1, -0.05) is 0 Å². The molecule has 1 N–H and O–H groups in total. The molecule has 0 radical (unpaired) electrons. The molecule has 6 nitrogen and oxygen atoms in total. The lowest BCUT2D eigenvalue weighted by Gasteiger charge is -2.26. The van der Waals surface area contributed by atoms with Gasteiger partial charge in [0.25, 0.3) is 0 Å². The number of rotatable bonds is 9. The first-order valence-corrected chi connectivity index (χ1v) is 7.86. The van der Waals surface area contributed by atoms with Crippen molar-refractivity contribution in [2.45, 2.75) is 26.3 Å². The van der Waals surface area contributed by atoms with Gasteiger partial charge in [-0.05, 0) is 26.3 Å². The molecule has 0 spiro atoms. The summed E-state index contributed by atoms with van der Waals surface area (Å²) in [5, 5.41) is 3.45. The van der Waals surface area contributed by atoms with E-state index >= 15 is 0 Å². The Balaban J connectivity index is 1.69. The van der Waals surface area contributed by atoms with E-state index in [1.54, 1.807) is 7.11 Å². The maximum Gasteiger partial charge on any atom is 0.203 e. The van der Waals surface area contributed by atoms with Crippen molar-refractivity contribution in [2.24, 2.45) is 0 Å². The summed E-state index contributed by atoms with van der Waals surface area (Å²) >= 11 is 0. The summed E-state index contributed by atoms with van der Waals surface area (Å²) in [5.74, 6) is 0.977. The maximum atomic E-state index is 5.36. The van der Waals surface area contributed by atoms with E-state index in [9.17, 15) is 0 Å². The second-order valence-corrected chi connectivity index (χ2v) is 5.48. The number of aryl methyl sites for hydroxylation is 2. The van der Waals surface area contributed by atoms with Crippen molar-refractivity contribution in [1.29, 1.82) is 0 Å². The number of ether oxygens (including phenoxy) is 2. The Morgan fingerprint density at radius 2 is 2.10 bits per heavy atom. The molecule has 1 fully saturated rings. The van der Waals surface area contributed by atoms with Crippen molar-refractivity contribution < 1.29 is 9.47 Å². The molecule has 0 atom stereocenters. The number of methoxy groups -OCH3 is 1. The molecule has 2 heterocycles. The van der Waals surface area contributed by atoms with E-state index in [-0.39, 0.29) is 0 Å². The summed E-state index contributed by atoms with van der Waals surface area (Å²) in [4.78, 5) is 7.01. The Morgan fingerprint density at radius 1 is 1.29 bits per heavy atom. The Hall–Kier alpha value is -1.11. The largest absolute Gasteiger partial charge is 0.385 e. The van der Waals surface area contributed by atoms with Gasteiger partial charge in [-0.15, -0.1) is 0 Å².